The van der Waals surface area contributed by atoms with Crippen LogP contribution in [0.4, 0.5) is 39.4 Å². The molecular weight excluding hydrogens is 799 g/mol. The van der Waals surface area contributed by atoms with Crippen LogP contribution in [0, 0.1) is 23.3 Å². The first-order valence-electron chi connectivity index (χ1n) is 16.4. The Morgan fingerprint density at radius 1 is 0.786 bits per heavy atom. The molecule has 0 unspecified atom stereocenters. The second-order valence-corrected chi connectivity index (χ2v) is 16.2. The number of halogens is 4. The summed E-state index contributed by atoms with van der Waals surface area (Å²) in [4.78, 5) is 58.2. The zero-order valence-corrected chi connectivity index (χ0v) is 31.7. The SMILES string of the molecule is C=C1Nc2cc(N(C)C(=O)[C@H](Cc3cc(F)cc(F)c3)NC(=O)NS(=O)(=O)N[C@@H](Cc3cc(F)cc(F)c3)C(=O)N(C)c3ccc4sc(=O)[nH]c4c3)ccc2S1. The van der Waals surface area contributed by atoms with Gasteiger partial charge in [-0.15, -0.1) is 0 Å². The maximum atomic E-state index is 14.1. The molecule has 6 rings (SSSR count). The molecule has 2 atom stereocenters. The van der Waals surface area contributed by atoms with Gasteiger partial charge in [0.15, 0.2) is 0 Å². The van der Waals surface area contributed by atoms with Crippen LogP contribution >= 0.6 is 23.1 Å². The van der Waals surface area contributed by atoms with E-state index in [4.69, 9.17) is 0 Å². The summed E-state index contributed by atoms with van der Waals surface area (Å²) in [5, 5.41) is 5.95. The lowest BCUT2D eigenvalue weighted by molar-refractivity contribution is -0.120. The molecule has 0 radical (unpaired) electrons. The minimum absolute atomic E-state index is 0.0420. The zero-order chi connectivity index (χ0) is 40.5. The molecular formula is C36H31F4N7O6S3. The maximum Gasteiger partial charge on any atom is 0.330 e. The molecule has 56 heavy (non-hydrogen) atoms. The van der Waals surface area contributed by atoms with E-state index in [2.05, 4.69) is 22.2 Å². The molecule has 13 nitrogen and oxygen atoms in total. The number of aromatic nitrogens is 1. The highest BCUT2D eigenvalue weighted by atomic mass is 32.2. The minimum Gasteiger partial charge on any atom is -0.349 e. The summed E-state index contributed by atoms with van der Waals surface area (Å²) >= 11 is 2.31. The maximum absolute atomic E-state index is 14.1. The molecule has 5 aromatic rings. The van der Waals surface area contributed by atoms with E-state index < -0.39 is 76.2 Å². The van der Waals surface area contributed by atoms with Crippen LogP contribution in [0.25, 0.3) is 10.2 Å². The second-order valence-electron chi connectivity index (χ2n) is 12.6. The fraction of sp³-hybridized carbons (Fsp3) is 0.167. The number of rotatable bonds is 12. The van der Waals surface area contributed by atoms with Gasteiger partial charge >= 0.3 is 21.1 Å². The van der Waals surface area contributed by atoms with Gasteiger partial charge in [-0.05, 0) is 78.2 Å². The number of thiazole rings is 1. The van der Waals surface area contributed by atoms with Gasteiger partial charge in [0.25, 0.3) is 0 Å². The molecule has 4 amide bonds. The Morgan fingerprint density at radius 2 is 1.32 bits per heavy atom. The number of thioether (sulfide) groups is 1. The number of carbonyl (C=O) groups excluding carboxylic acids is 3. The van der Waals surface area contributed by atoms with Gasteiger partial charge in [-0.2, -0.15) is 13.1 Å². The second kappa shape index (κ2) is 16.2. The highest BCUT2D eigenvalue weighted by Gasteiger charge is 2.32. The summed E-state index contributed by atoms with van der Waals surface area (Å²) < 4.78 is 87.8. The van der Waals surface area contributed by atoms with Crippen LogP contribution in [0.1, 0.15) is 11.1 Å². The molecule has 20 heteroatoms. The largest absolute Gasteiger partial charge is 0.349 e. The topological polar surface area (TPSA) is 173 Å². The van der Waals surface area contributed by atoms with Crippen molar-refractivity contribution in [1.82, 2.24) is 19.7 Å². The van der Waals surface area contributed by atoms with Gasteiger partial charge in [0, 0.05) is 48.9 Å². The summed E-state index contributed by atoms with van der Waals surface area (Å²) in [6, 6.07) is 9.57. The average Bonchev–Trinajstić information content (AvgIpc) is 3.67. The number of carbonyl (C=O) groups is 3. The number of hydrogen-bond donors (Lipinski definition) is 5. The van der Waals surface area contributed by atoms with E-state index >= 15 is 0 Å². The number of nitrogens with one attached hydrogen (secondary N) is 5. The number of urea groups is 1. The predicted octanol–water partition coefficient (Wildman–Crippen LogP) is 5.12. The Labute approximate surface area is 325 Å². The van der Waals surface area contributed by atoms with Gasteiger partial charge in [0.05, 0.1) is 20.9 Å². The van der Waals surface area contributed by atoms with E-state index in [-0.39, 0.29) is 21.7 Å². The Kier molecular flexibility index (Phi) is 11.6. The number of benzene rings is 4. The number of amides is 4. The first-order chi connectivity index (χ1) is 26.4. The minimum atomic E-state index is -5.01. The number of aromatic amines is 1. The molecule has 292 valence electrons. The van der Waals surface area contributed by atoms with Crippen LogP contribution in [0.2, 0.25) is 0 Å². The molecule has 0 spiro atoms. The summed E-state index contributed by atoms with van der Waals surface area (Å²) in [7, 11) is -2.33. The molecule has 1 aliphatic heterocycles. The van der Waals surface area contributed by atoms with E-state index in [9.17, 15) is 45.2 Å². The van der Waals surface area contributed by atoms with E-state index in [1.165, 1.54) is 38.0 Å². The molecule has 5 N–H and O–H groups in total. The Hall–Kier alpha value is -5.70. The van der Waals surface area contributed by atoms with Crippen LogP contribution in [-0.2, 0) is 32.6 Å². The average molecular weight is 830 g/mol. The van der Waals surface area contributed by atoms with Gasteiger partial charge < -0.3 is 25.4 Å². The molecule has 0 saturated carbocycles. The summed E-state index contributed by atoms with van der Waals surface area (Å²) in [5.74, 6) is -5.63. The quantitative estimate of drug-likeness (QED) is 0.108. The third kappa shape index (κ3) is 9.56. The van der Waals surface area contributed by atoms with E-state index in [1.54, 1.807) is 29.0 Å². The van der Waals surface area contributed by atoms with Crippen LogP contribution in [0.5, 0.6) is 0 Å². The number of likely N-dealkylation sites (N-methyl/N-ethyl adjacent to an activating group) is 2. The smallest absolute Gasteiger partial charge is 0.330 e. The standard InChI is InChI=1S/C36H31F4N7O6S3/c1-18-41-27-16-25(4-6-31(27)54-18)46(2)33(48)29(12-19-8-21(37)14-22(38)9-19)42-35(50)45-56(52,53)44-30(13-20-10-23(39)15-24(40)11-20)34(49)47(3)26-5-7-32-28(17-26)43-36(51)55-32/h4-11,14-17,29-30,41,44H,1,12-13H2,2-3H3,(H,43,51)(H2,42,45,50)/t29-,30-/m0/s1. The number of H-pyrrole nitrogens is 1. The van der Waals surface area contributed by atoms with Crippen molar-refractivity contribution in [1.29, 1.82) is 0 Å². The van der Waals surface area contributed by atoms with Crippen molar-refractivity contribution in [2.75, 3.05) is 29.2 Å². The van der Waals surface area contributed by atoms with Crippen LogP contribution < -0.4 is 34.8 Å². The van der Waals surface area contributed by atoms with Crippen molar-refractivity contribution in [3.05, 3.63) is 128 Å². The lowest BCUT2D eigenvalue weighted by Crippen LogP contribution is -2.57. The van der Waals surface area contributed by atoms with E-state index in [0.717, 1.165) is 50.3 Å². The number of hydrogen-bond acceptors (Lipinski definition) is 9. The van der Waals surface area contributed by atoms with Crippen LogP contribution in [0.15, 0.2) is 94.1 Å². The summed E-state index contributed by atoms with van der Waals surface area (Å²) in [5.41, 5.74) is 1.47. The van der Waals surface area contributed by atoms with E-state index in [0.29, 0.717) is 38.8 Å². The summed E-state index contributed by atoms with van der Waals surface area (Å²) in [6.45, 7) is 3.86. The van der Waals surface area contributed by atoms with Crippen molar-refractivity contribution in [3.63, 3.8) is 0 Å². The lowest BCUT2D eigenvalue weighted by atomic mass is 10.0. The van der Waals surface area contributed by atoms with Gasteiger partial charge in [0.2, 0.25) is 11.8 Å². The van der Waals surface area contributed by atoms with Crippen LogP contribution in [-0.4, -0.2) is 57.4 Å². The predicted molar refractivity (Wildman–Crippen MR) is 206 cm³/mol. The van der Waals surface area contributed by atoms with Crippen molar-refractivity contribution >= 4 is 78.4 Å². The highest BCUT2D eigenvalue weighted by Crippen LogP contribution is 2.41. The lowest BCUT2D eigenvalue weighted by Gasteiger charge is -2.26. The fourth-order valence-electron chi connectivity index (χ4n) is 5.93. The van der Waals surface area contributed by atoms with Crippen molar-refractivity contribution in [2.24, 2.45) is 0 Å². The van der Waals surface area contributed by atoms with Crippen molar-refractivity contribution < 1.29 is 40.4 Å². The van der Waals surface area contributed by atoms with Gasteiger partial charge in [-0.1, -0.05) is 29.7 Å². The Morgan fingerprint density at radius 3 is 1.93 bits per heavy atom. The summed E-state index contributed by atoms with van der Waals surface area (Å²) in [6.07, 6.45) is -1.07. The van der Waals surface area contributed by atoms with Gasteiger partial charge in [0.1, 0.15) is 35.4 Å². The molecule has 2 heterocycles. The molecule has 0 fully saturated rings. The van der Waals surface area contributed by atoms with Gasteiger partial charge in [-0.3, -0.25) is 14.4 Å². The van der Waals surface area contributed by atoms with Gasteiger partial charge in [-0.25, -0.2) is 27.1 Å². The zero-order valence-electron chi connectivity index (χ0n) is 29.3. The van der Waals surface area contributed by atoms with E-state index in [1.807, 2.05) is 4.72 Å². The monoisotopic (exact) mass is 829 g/mol. The first-order valence-corrected chi connectivity index (χ1v) is 19.5. The molecule has 0 bridgehead atoms. The fourth-order valence-corrected chi connectivity index (χ4v) is 8.35. The van der Waals surface area contributed by atoms with Crippen molar-refractivity contribution in [2.45, 2.75) is 29.8 Å². The molecule has 0 saturated heterocycles. The number of nitrogens with zero attached hydrogens (tertiary/aromatic N) is 2. The normalized spacial score (nSPS) is 13.4. The molecule has 1 aromatic heterocycles. The molecule has 0 aliphatic carbocycles. The van der Waals surface area contributed by atoms with Crippen molar-refractivity contribution in [3.8, 4) is 0 Å². The third-order valence-corrected chi connectivity index (χ3v) is 11.3. The van der Waals surface area contributed by atoms with Crippen LogP contribution in [0.3, 0.4) is 0 Å². The Balaban J connectivity index is 1.24. The third-order valence-electron chi connectivity index (χ3n) is 8.46. The molecule has 4 aromatic carbocycles. The Bertz CT molecular complexity index is 2530. The number of fused-ring (bicyclic) bond motifs is 2. The molecule has 1 aliphatic rings. The highest BCUT2D eigenvalue weighted by molar-refractivity contribution is 8.03. The first kappa shape index (κ1) is 40.0. The number of anilines is 3.